The third-order valence-corrected chi connectivity index (χ3v) is 9.69. The number of fused-ring (bicyclic) bond motifs is 2. The molecule has 0 aliphatic carbocycles. The molecule has 2 heterocycles. The van der Waals surface area contributed by atoms with Gasteiger partial charge in [-0.1, -0.05) is 84.6 Å². The number of hydroxylamine groups is 2. The lowest BCUT2D eigenvalue weighted by atomic mass is 9.87. The van der Waals surface area contributed by atoms with E-state index in [9.17, 15) is 4.79 Å². The monoisotopic (exact) mass is 612 g/mol. The standard InChI is InChI=1S/C35H36N2O4S2/c1-35(2,3)40-34(38)41-37-19-18-29(31(21-37)39-22-25-14-15-26-8-4-5-9-28(26)20-25)27-16-12-24(13-17-27)23-42-33-36-30-10-6-7-11-32(30)43-33/h4-17,20,29,31H,18-19,21-23H2,1-3H3. The van der Waals surface area contributed by atoms with Crippen molar-refractivity contribution in [2.24, 2.45) is 0 Å². The summed E-state index contributed by atoms with van der Waals surface area (Å²) in [4.78, 5) is 22.8. The third-order valence-electron chi connectivity index (χ3n) is 7.44. The van der Waals surface area contributed by atoms with Crippen LogP contribution in [-0.2, 0) is 26.7 Å². The Bertz CT molecular complexity index is 1660. The van der Waals surface area contributed by atoms with E-state index in [-0.39, 0.29) is 12.0 Å². The molecule has 1 aliphatic rings. The number of carbonyl (C=O) groups excluding carboxylic acids is 1. The second-order valence-electron chi connectivity index (χ2n) is 11.8. The molecule has 1 fully saturated rings. The molecular formula is C35H36N2O4S2. The van der Waals surface area contributed by atoms with Crippen LogP contribution in [-0.4, -0.2) is 41.0 Å². The Hall–Kier alpha value is -3.43. The van der Waals surface area contributed by atoms with Crippen LogP contribution in [0.1, 0.15) is 49.8 Å². The summed E-state index contributed by atoms with van der Waals surface area (Å²) in [5.41, 5.74) is 4.04. The van der Waals surface area contributed by atoms with Crippen molar-refractivity contribution in [3.63, 3.8) is 0 Å². The van der Waals surface area contributed by atoms with Crippen LogP contribution in [0.2, 0.25) is 0 Å². The van der Waals surface area contributed by atoms with Gasteiger partial charge in [-0.05, 0) is 72.9 Å². The molecule has 2 atom stereocenters. The lowest BCUT2D eigenvalue weighted by Gasteiger charge is -2.37. The Kier molecular flexibility index (Phi) is 9.00. The predicted molar refractivity (Wildman–Crippen MR) is 174 cm³/mol. The summed E-state index contributed by atoms with van der Waals surface area (Å²) in [5, 5.41) is 4.08. The molecule has 1 saturated heterocycles. The maximum atomic E-state index is 12.4. The van der Waals surface area contributed by atoms with Crippen molar-refractivity contribution >= 4 is 50.2 Å². The minimum absolute atomic E-state index is 0.161. The number of hydrogen-bond acceptors (Lipinski definition) is 8. The minimum Gasteiger partial charge on any atom is -0.427 e. The molecule has 4 aromatic carbocycles. The van der Waals surface area contributed by atoms with E-state index in [2.05, 4.69) is 84.9 Å². The number of para-hydroxylation sites is 1. The molecule has 6 nitrogen and oxygen atoms in total. The van der Waals surface area contributed by atoms with E-state index in [1.165, 1.54) is 26.6 Å². The molecule has 1 aromatic heterocycles. The van der Waals surface area contributed by atoms with Crippen LogP contribution in [0.25, 0.3) is 21.0 Å². The maximum absolute atomic E-state index is 12.4. The highest BCUT2D eigenvalue weighted by Gasteiger charge is 2.34. The van der Waals surface area contributed by atoms with Crippen LogP contribution in [0.5, 0.6) is 0 Å². The van der Waals surface area contributed by atoms with E-state index in [4.69, 9.17) is 19.3 Å². The maximum Gasteiger partial charge on any atom is 0.528 e. The molecule has 43 heavy (non-hydrogen) atoms. The SMILES string of the molecule is CC(C)(C)OC(=O)ON1CCC(c2ccc(CSc3nc4ccccc4s3)cc2)C(OCc2ccc3ccccc3c2)C1. The summed E-state index contributed by atoms with van der Waals surface area (Å²) in [6.07, 6.45) is -0.0508. The molecule has 6 rings (SSSR count). The van der Waals surface area contributed by atoms with Crippen LogP contribution in [0.15, 0.2) is 95.3 Å². The number of benzene rings is 4. The average Bonchev–Trinajstić information content (AvgIpc) is 3.41. The molecule has 0 spiro atoms. The summed E-state index contributed by atoms with van der Waals surface area (Å²) in [7, 11) is 0. The smallest absolute Gasteiger partial charge is 0.427 e. The van der Waals surface area contributed by atoms with Crippen molar-refractivity contribution in [3.05, 3.63) is 108 Å². The fraction of sp³-hybridized carbons (Fsp3) is 0.314. The van der Waals surface area contributed by atoms with Crippen LogP contribution < -0.4 is 0 Å². The van der Waals surface area contributed by atoms with Gasteiger partial charge in [0.15, 0.2) is 4.34 Å². The molecule has 222 valence electrons. The van der Waals surface area contributed by atoms with Gasteiger partial charge in [0.05, 0.1) is 29.5 Å². The lowest BCUT2D eigenvalue weighted by molar-refractivity contribution is -0.179. The van der Waals surface area contributed by atoms with Gasteiger partial charge in [0.2, 0.25) is 0 Å². The van der Waals surface area contributed by atoms with E-state index in [0.29, 0.717) is 19.7 Å². The molecule has 1 aliphatic heterocycles. The van der Waals surface area contributed by atoms with Gasteiger partial charge in [-0.25, -0.2) is 9.78 Å². The Morgan fingerprint density at radius 2 is 1.70 bits per heavy atom. The zero-order chi connectivity index (χ0) is 29.8. The largest absolute Gasteiger partial charge is 0.528 e. The molecule has 2 unspecified atom stereocenters. The number of carbonyl (C=O) groups is 1. The fourth-order valence-corrected chi connectivity index (χ4v) is 7.37. The normalized spacial score (nSPS) is 17.7. The Morgan fingerprint density at radius 1 is 0.953 bits per heavy atom. The number of hydrogen-bond donors (Lipinski definition) is 0. The fourth-order valence-electron chi connectivity index (χ4n) is 5.35. The van der Waals surface area contributed by atoms with E-state index < -0.39 is 11.8 Å². The number of ether oxygens (including phenoxy) is 2. The molecule has 5 aromatic rings. The average molecular weight is 613 g/mol. The van der Waals surface area contributed by atoms with Gasteiger partial charge in [-0.3, -0.25) is 0 Å². The van der Waals surface area contributed by atoms with Crippen molar-refractivity contribution in [2.75, 3.05) is 13.1 Å². The van der Waals surface area contributed by atoms with Gasteiger partial charge >= 0.3 is 6.16 Å². The molecule has 8 heteroatoms. The molecule has 0 N–H and O–H groups in total. The van der Waals surface area contributed by atoms with Crippen molar-refractivity contribution in [1.29, 1.82) is 0 Å². The quantitative estimate of drug-likeness (QED) is 0.128. The van der Waals surface area contributed by atoms with Gasteiger partial charge in [0, 0.05) is 18.2 Å². The summed E-state index contributed by atoms with van der Waals surface area (Å²) in [5.74, 6) is 1.04. The first-order valence-electron chi connectivity index (χ1n) is 14.6. The van der Waals surface area contributed by atoms with Crippen LogP contribution in [0.3, 0.4) is 0 Å². The number of aromatic nitrogens is 1. The van der Waals surface area contributed by atoms with Gasteiger partial charge in [0.25, 0.3) is 0 Å². The highest BCUT2D eigenvalue weighted by Crippen LogP contribution is 2.34. The molecule has 0 amide bonds. The second kappa shape index (κ2) is 13.1. The van der Waals surface area contributed by atoms with E-state index in [1.54, 1.807) is 28.2 Å². The zero-order valence-corrected chi connectivity index (χ0v) is 26.3. The first-order valence-corrected chi connectivity index (χ1v) is 16.4. The highest BCUT2D eigenvalue weighted by atomic mass is 32.2. The first-order chi connectivity index (χ1) is 20.8. The van der Waals surface area contributed by atoms with E-state index in [1.807, 2.05) is 26.8 Å². The van der Waals surface area contributed by atoms with E-state index >= 15 is 0 Å². The van der Waals surface area contributed by atoms with Crippen molar-refractivity contribution < 1.29 is 19.1 Å². The topological polar surface area (TPSA) is 60.9 Å². The van der Waals surface area contributed by atoms with Crippen LogP contribution in [0.4, 0.5) is 4.79 Å². The highest BCUT2D eigenvalue weighted by molar-refractivity contribution is 8.00. The lowest BCUT2D eigenvalue weighted by Crippen LogP contribution is -2.45. The van der Waals surface area contributed by atoms with Crippen molar-refractivity contribution in [1.82, 2.24) is 10.0 Å². The third kappa shape index (κ3) is 7.75. The molecular weight excluding hydrogens is 577 g/mol. The van der Waals surface area contributed by atoms with Crippen LogP contribution in [0, 0.1) is 0 Å². The predicted octanol–water partition coefficient (Wildman–Crippen LogP) is 8.98. The van der Waals surface area contributed by atoms with Gasteiger partial charge in [-0.2, -0.15) is 0 Å². The number of nitrogens with zero attached hydrogens (tertiary/aromatic N) is 2. The Labute approximate surface area is 260 Å². The summed E-state index contributed by atoms with van der Waals surface area (Å²) in [6.45, 7) is 7.04. The van der Waals surface area contributed by atoms with Gasteiger partial charge in [0.1, 0.15) is 5.60 Å². The van der Waals surface area contributed by atoms with Gasteiger partial charge < -0.3 is 14.3 Å². The molecule has 0 saturated carbocycles. The minimum atomic E-state index is -0.686. The Morgan fingerprint density at radius 3 is 2.49 bits per heavy atom. The summed E-state index contributed by atoms with van der Waals surface area (Å²) < 4.78 is 14.3. The Balaban J connectivity index is 1.14. The summed E-state index contributed by atoms with van der Waals surface area (Å²) in [6, 6.07) is 31.9. The number of thioether (sulfide) groups is 1. The van der Waals surface area contributed by atoms with Crippen molar-refractivity contribution in [3.8, 4) is 0 Å². The van der Waals surface area contributed by atoms with Crippen LogP contribution >= 0.6 is 23.1 Å². The first kappa shape index (κ1) is 29.6. The number of rotatable bonds is 8. The zero-order valence-electron chi connectivity index (χ0n) is 24.7. The number of thiazole rings is 1. The number of piperidine rings is 1. The molecule has 0 radical (unpaired) electrons. The summed E-state index contributed by atoms with van der Waals surface area (Å²) >= 11 is 3.51. The van der Waals surface area contributed by atoms with Crippen molar-refractivity contribution in [2.45, 2.75) is 61.5 Å². The molecule has 0 bridgehead atoms. The van der Waals surface area contributed by atoms with Gasteiger partial charge in [-0.15, -0.1) is 16.4 Å². The second-order valence-corrected chi connectivity index (χ2v) is 14.1. The van der Waals surface area contributed by atoms with E-state index in [0.717, 1.165) is 27.6 Å².